The minimum absolute atomic E-state index is 0.359. The smallest absolute Gasteiger partial charge is 0.321 e. The lowest BCUT2D eigenvalue weighted by atomic mass is 9.91. The summed E-state index contributed by atoms with van der Waals surface area (Å²) in [6, 6.07) is 7.06. The minimum Gasteiger partial charge on any atom is -0.321 e. The van der Waals surface area contributed by atoms with E-state index in [2.05, 4.69) is 22.7 Å². The van der Waals surface area contributed by atoms with Gasteiger partial charge < -0.3 is 10.6 Å². The van der Waals surface area contributed by atoms with Crippen LogP contribution in [0.4, 0.5) is 10.5 Å². The molecule has 3 rings (SSSR count). The molecule has 0 saturated carbocycles. The van der Waals surface area contributed by atoms with Crippen LogP contribution in [0.15, 0.2) is 24.3 Å². The second-order valence-corrected chi connectivity index (χ2v) is 7.61. The van der Waals surface area contributed by atoms with Crippen LogP contribution in [0.5, 0.6) is 0 Å². The number of carbonyl (C=O) groups excluding carboxylic acids is 3. The van der Waals surface area contributed by atoms with Crippen molar-refractivity contribution in [2.45, 2.75) is 46.1 Å². The first-order chi connectivity index (χ1) is 13.7. The summed E-state index contributed by atoms with van der Waals surface area (Å²) in [6.07, 6.45) is 1.99. The molecule has 1 atom stereocenters. The van der Waals surface area contributed by atoms with Crippen LogP contribution in [-0.2, 0) is 28.6 Å². The van der Waals surface area contributed by atoms with E-state index in [1.54, 1.807) is 25.6 Å². The number of anilines is 1. The Hall–Kier alpha value is -3.16. The Morgan fingerprint density at radius 2 is 1.86 bits per heavy atom. The van der Waals surface area contributed by atoms with Gasteiger partial charge in [-0.05, 0) is 38.3 Å². The number of hydrogen-bond donors (Lipinski definition) is 2. The van der Waals surface area contributed by atoms with Gasteiger partial charge in [0, 0.05) is 7.05 Å². The van der Waals surface area contributed by atoms with Gasteiger partial charge in [-0.2, -0.15) is 5.10 Å². The summed E-state index contributed by atoms with van der Waals surface area (Å²) in [7, 11) is 1.78. The summed E-state index contributed by atoms with van der Waals surface area (Å²) in [5.74, 6) is -0.893. The molecule has 4 amide bonds. The van der Waals surface area contributed by atoms with Crippen molar-refractivity contribution in [3.05, 3.63) is 46.8 Å². The molecule has 1 saturated heterocycles. The third-order valence-corrected chi connectivity index (χ3v) is 5.42. The van der Waals surface area contributed by atoms with Gasteiger partial charge in [0.2, 0.25) is 5.91 Å². The van der Waals surface area contributed by atoms with Crippen molar-refractivity contribution in [2.75, 3.05) is 11.9 Å². The van der Waals surface area contributed by atoms with Crippen molar-refractivity contribution in [1.29, 1.82) is 0 Å². The number of imide groups is 1. The van der Waals surface area contributed by atoms with Crippen LogP contribution in [0.2, 0.25) is 0 Å². The molecule has 0 aliphatic carbocycles. The number of aromatic nitrogens is 2. The molecule has 8 nitrogen and oxygen atoms in total. The molecule has 154 valence electrons. The largest absolute Gasteiger partial charge is 0.325 e. The van der Waals surface area contributed by atoms with E-state index in [-0.39, 0.29) is 6.54 Å². The molecule has 29 heavy (non-hydrogen) atoms. The zero-order valence-corrected chi connectivity index (χ0v) is 17.5. The van der Waals surface area contributed by atoms with Gasteiger partial charge in [-0.25, -0.2) is 4.79 Å². The summed E-state index contributed by atoms with van der Waals surface area (Å²) in [5, 5.41) is 9.75. The number of urea groups is 1. The van der Waals surface area contributed by atoms with Gasteiger partial charge in [0.25, 0.3) is 5.91 Å². The molecule has 1 aliphatic rings. The molecule has 0 spiro atoms. The lowest BCUT2D eigenvalue weighted by molar-refractivity contribution is -0.133. The number of nitrogens with zero attached hydrogens (tertiary/aromatic N) is 3. The fraction of sp³-hybridized carbons (Fsp3) is 0.429. The molecule has 0 bridgehead atoms. The predicted octanol–water partition coefficient (Wildman–Crippen LogP) is 2.40. The fourth-order valence-corrected chi connectivity index (χ4v) is 3.61. The maximum absolute atomic E-state index is 13.0. The van der Waals surface area contributed by atoms with E-state index in [1.165, 1.54) is 5.56 Å². The Labute approximate surface area is 170 Å². The summed E-state index contributed by atoms with van der Waals surface area (Å²) in [5.41, 5.74) is 2.74. The van der Waals surface area contributed by atoms with Crippen LogP contribution < -0.4 is 10.6 Å². The molecule has 1 aromatic heterocycles. The molecule has 1 fully saturated rings. The van der Waals surface area contributed by atoms with E-state index in [0.29, 0.717) is 16.9 Å². The number of nitrogens with one attached hydrogen (secondary N) is 2. The zero-order valence-electron chi connectivity index (χ0n) is 17.5. The van der Waals surface area contributed by atoms with E-state index in [1.807, 2.05) is 31.2 Å². The SMILES string of the molecule is CCCc1ccc(C2(C)NC(=O)N(CC(=O)Nc3c(C)nn(C)c3C)C2=O)cc1. The first-order valence-electron chi connectivity index (χ1n) is 9.71. The summed E-state index contributed by atoms with van der Waals surface area (Å²) in [4.78, 5) is 39.0. The zero-order chi connectivity index (χ0) is 21.3. The average molecular weight is 397 g/mol. The molecule has 8 heteroatoms. The second kappa shape index (κ2) is 7.69. The average Bonchev–Trinajstić information content (AvgIpc) is 3.04. The number of amides is 4. The molecule has 2 N–H and O–H groups in total. The van der Waals surface area contributed by atoms with Crippen molar-refractivity contribution < 1.29 is 14.4 Å². The van der Waals surface area contributed by atoms with Crippen molar-refractivity contribution >= 4 is 23.5 Å². The van der Waals surface area contributed by atoms with E-state index in [0.717, 1.165) is 23.4 Å². The lowest BCUT2D eigenvalue weighted by Gasteiger charge is -2.22. The van der Waals surface area contributed by atoms with E-state index < -0.39 is 23.4 Å². The lowest BCUT2D eigenvalue weighted by Crippen LogP contribution is -2.42. The maximum Gasteiger partial charge on any atom is 0.325 e. The van der Waals surface area contributed by atoms with Crippen LogP contribution >= 0.6 is 0 Å². The minimum atomic E-state index is -1.19. The van der Waals surface area contributed by atoms with E-state index >= 15 is 0 Å². The van der Waals surface area contributed by atoms with Gasteiger partial charge in [-0.15, -0.1) is 0 Å². The standard InChI is InChI=1S/C21H27N5O3/c1-6-7-15-8-10-16(11-9-15)21(4)19(28)26(20(29)23-21)12-17(27)22-18-13(2)24-25(5)14(18)3/h8-11H,6-7,12H2,1-5H3,(H,22,27)(H,23,29). The highest BCUT2D eigenvalue weighted by Crippen LogP contribution is 2.29. The normalized spacial score (nSPS) is 18.9. The van der Waals surface area contributed by atoms with Gasteiger partial charge in [-0.3, -0.25) is 19.2 Å². The highest BCUT2D eigenvalue weighted by molar-refractivity contribution is 6.10. The Morgan fingerprint density at radius 3 is 2.41 bits per heavy atom. The highest BCUT2D eigenvalue weighted by atomic mass is 16.2. The maximum atomic E-state index is 13.0. The summed E-state index contributed by atoms with van der Waals surface area (Å²) in [6.45, 7) is 7.03. The third kappa shape index (κ3) is 3.74. The Balaban J connectivity index is 1.75. The molecule has 2 aromatic rings. The Bertz CT molecular complexity index is 963. The summed E-state index contributed by atoms with van der Waals surface area (Å²) >= 11 is 0. The van der Waals surface area contributed by atoms with Crippen molar-refractivity contribution in [3.8, 4) is 0 Å². The monoisotopic (exact) mass is 397 g/mol. The van der Waals surface area contributed by atoms with E-state index in [4.69, 9.17) is 0 Å². The molecule has 2 heterocycles. The van der Waals surface area contributed by atoms with Crippen LogP contribution in [-0.4, -0.2) is 39.1 Å². The molecular weight excluding hydrogens is 370 g/mol. The molecule has 1 aromatic carbocycles. The topological polar surface area (TPSA) is 96.3 Å². The van der Waals surface area contributed by atoms with Gasteiger partial charge in [0.1, 0.15) is 12.1 Å². The van der Waals surface area contributed by atoms with Gasteiger partial charge in [-0.1, -0.05) is 37.6 Å². The van der Waals surface area contributed by atoms with Crippen molar-refractivity contribution in [2.24, 2.45) is 7.05 Å². The van der Waals surface area contributed by atoms with Crippen LogP contribution in [0.25, 0.3) is 0 Å². The molecular formula is C21H27N5O3. The molecule has 1 unspecified atom stereocenters. The number of hydrogen-bond acceptors (Lipinski definition) is 4. The predicted molar refractivity (Wildman–Crippen MR) is 109 cm³/mol. The third-order valence-electron chi connectivity index (χ3n) is 5.42. The summed E-state index contributed by atoms with van der Waals surface area (Å²) < 4.78 is 1.66. The highest BCUT2D eigenvalue weighted by Gasteiger charge is 2.49. The fourth-order valence-electron chi connectivity index (χ4n) is 3.61. The number of carbonyl (C=O) groups is 3. The van der Waals surface area contributed by atoms with Crippen LogP contribution in [0.1, 0.15) is 42.8 Å². The van der Waals surface area contributed by atoms with Crippen molar-refractivity contribution in [3.63, 3.8) is 0 Å². The van der Waals surface area contributed by atoms with Gasteiger partial charge >= 0.3 is 6.03 Å². The Kier molecular flexibility index (Phi) is 5.46. The first-order valence-corrected chi connectivity index (χ1v) is 9.71. The first kappa shape index (κ1) is 20.6. The van der Waals surface area contributed by atoms with Gasteiger partial charge in [0.05, 0.1) is 17.1 Å². The van der Waals surface area contributed by atoms with Gasteiger partial charge in [0.15, 0.2) is 0 Å². The Morgan fingerprint density at radius 1 is 1.21 bits per heavy atom. The number of benzene rings is 1. The van der Waals surface area contributed by atoms with Crippen LogP contribution in [0, 0.1) is 13.8 Å². The second-order valence-electron chi connectivity index (χ2n) is 7.61. The number of aryl methyl sites for hydroxylation is 3. The van der Waals surface area contributed by atoms with Crippen LogP contribution in [0.3, 0.4) is 0 Å². The molecule has 0 radical (unpaired) electrons. The quantitative estimate of drug-likeness (QED) is 0.732. The molecule has 1 aliphatic heterocycles. The van der Waals surface area contributed by atoms with Crippen molar-refractivity contribution in [1.82, 2.24) is 20.0 Å². The van der Waals surface area contributed by atoms with E-state index in [9.17, 15) is 14.4 Å². The number of rotatable bonds is 6.